The Labute approximate surface area is 158 Å². The van der Waals surface area contributed by atoms with E-state index in [1.54, 1.807) is 13.1 Å². The molecule has 2 aromatic heterocycles. The van der Waals surface area contributed by atoms with Gasteiger partial charge in [-0.05, 0) is 43.6 Å². The van der Waals surface area contributed by atoms with Gasteiger partial charge in [-0.25, -0.2) is 19.4 Å². The first-order chi connectivity index (χ1) is 12.9. The van der Waals surface area contributed by atoms with Crippen LogP contribution in [0.3, 0.4) is 0 Å². The molecule has 144 valence electrons. The van der Waals surface area contributed by atoms with Crippen LogP contribution in [0, 0.1) is 0 Å². The summed E-state index contributed by atoms with van der Waals surface area (Å²) in [5.41, 5.74) is 9.26. The number of hydrogen-bond acceptors (Lipinski definition) is 7. The molecule has 1 fully saturated rings. The first-order valence-corrected chi connectivity index (χ1v) is 9.46. The second kappa shape index (κ2) is 6.60. The molecule has 0 aromatic carbocycles. The molecule has 1 aliphatic carbocycles. The molecule has 0 spiro atoms. The lowest BCUT2D eigenvalue weighted by atomic mass is 9.73. The molecule has 8 heteroatoms. The molecule has 2 N–H and O–H groups in total. The van der Waals surface area contributed by atoms with E-state index < -0.39 is 5.97 Å². The Morgan fingerprint density at radius 1 is 1.44 bits per heavy atom. The molecule has 0 bridgehead atoms. The summed E-state index contributed by atoms with van der Waals surface area (Å²) >= 11 is 0. The van der Waals surface area contributed by atoms with Gasteiger partial charge in [0.25, 0.3) is 0 Å². The van der Waals surface area contributed by atoms with Gasteiger partial charge in [-0.3, -0.25) is 0 Å². The Hall–Kier alpha value is -2.48. The van der Waals surface area contributed by atoms with E-state index in [1.165, 1.54) is 0 Å². The van der Waals surface area contributed by atoms with Gasteiger partial charge in [0.15, 0.2) is 11.9 Å². The van der Waals surface area contributed by atoms with Crippen LogP contribution >= 0.6 is 0 Å². The van der Waals surface area contributed by atoms with Gasteiger partial charge >= 0.3 is 5.97 Å². The standard InChI is InChI=1S/C19H25N5O3/c1-4-26-17(25)15-13-16(24(23-15)12-7-5-6-8-27-12)14-11(9-19(13,2)3)10-21-18(20)22-14/h10,12H,4-9H2,1-3H3,(H2,20,21,22). The maximum absolute atomic E-state index is 12.7. The second-order valence-electron chi connectivity index (χ2n) is 7.72. The van der Waals surface area contributed by atoms with E-state index in [-0.39, 0.29) is 17.6 Å². The maximum Gasteiger partial charge on any atom is 0.359 e. The molecule has 4 rings (SSSR count). The van der Waals surface area contributed by atoms with Crippen molar-refractivity contribution >= 4 is 11.9 Å². The van der Waals surface area contributed by atoms with Crippen molar-refractivity contribution < 1.29 is 14.3 Å². The smallest absolute Gasteiger partial charge is 0.359 e. The highest BCUT2D eigenvalue weighted by Crippen LogP contribution is 2.45. The number of carbonyl (C=O) groups excluding carboxylic acids is 1. The first-order valence-electron chi connectivity index (χ1n) is 9.46. The van der Waals surface area contributed by atoms with Crippen LogP contribution < -0.4 is 5.73 Å². The number of esters is 1. The van der Waals surface area contributed by atoms with Gasteiger partial charge in [-0.2, -0.15) is 5.10 Å². The third-order valence-electron chi connectivity index (χ3n) is 5.22. The zero-order valence-corrected chi connectivity index (χ0v) is 16.0. The third kappa shape index (κ3) is 2.97. The topological polar surface area (TPSA) is 105 Å². The monoisotopic (exact) mass is 371 g/mol. The number of carbonyl (C=O) groups is 1. The highest BCUT2D eigenvalue weighted by atomic mass is 16.5. The van der Waals surface area contributed by atoms with Gasteiger partial charge in [0.1, 0.15) is 0 Å². The van der Waals surface area contributed by atoms with E-state index >= 15 is 0 Å². The Balaban J connectivity index is 1.97. The number of aromatic nitrogens is 4. The normalized spacial score (nSPS) is 20.6. The number of ether oxygens (including phenoxy) is 2. The summed E-state index contributed by atoms with van der Waals surface area (Å²) < 4.78 is 13.1. The lowest BCUT2D eigenvalue weighted by molar-refractivity contribution is -0.0387. The maximum atomic E-state index is 12.7. The fourth-order valence-corrected chi connectivity index (χ4v) is 4.09. The summed E-state index contributed by atoms with van der Waals surface area (Å²) in [6.07, 6.45) is 5.16. The minimum absolute atomic E-state index is 0.203. The highest BCUT2D eigenvalue weighted by Gasteiger charge is 2.42. The van der Waals surface area contributed by atoms with Crippen molar-refractivity contribution in [3.8, 4) is 11.4 Å². The van der Waals surface area contributed by atoms with Gasteiger partial charge < -0.3 is 15.2 Å². The van der Waals surface area contributed by atoms with E-state index in [2.05, 4.69) is 28.9 Å². The van der Waals surface area contributed by atoms with Crippen molar-refractivity contribution in [2.24, 2.45) is 0 Å². The Bertz CT molecular complexity index is 884. The predicted molar refractivity (Wildman–Crippen MR) is 99.2 cm³/mol. The molecule has 0 amide bonds. The van der Waals surface area contributed by atoms with E-state index in [4.69, 9.17) is 15.2 Å². The molecule has 1 saturated heterocycles. The minimum atomic E-state index is -0.415. The first kappa shape index (κ1) is 17.9. The lowest BCUT2D eigenvalue weighted by Gasteiger charge is -2.33. The van der Waals surface area contributed by atoms with Gasteiger partial charge in [-0.15, -0.1) is 0 Å². The Morgan fingerprint density at radius 2 is 2.26 bits per heavy atom. The average Bonchev–Trinajstić information content (AvgIpc) is 3.05. The van der Waals surface area contributed by atoms with Crippen LogP contribution in [-0.2, 0) is 21.3 Å². The largest absolute Gasteiger partial charge is 0.461 e. The lowest BCUT2D eigenvalue weighted by Crippen LogP contribution is -2.29. The van der Waals surface area contributed by atoms with Crippen LogP contribution in [0.15, 0.2) is 6.20 Å². The van der Waals surface area contributed by atoms with Crippen LogP contribution in [0.4, 0.5) is 5.95 Å². The van der Waals surface area contributed by atoms with Crippen LogP contribution in [0.5, 0.6) is 0 Å². The highest BCUT2D eigenvalue weighted by molar-refractivity contribution is 5.92. The molecular weight excluding hydrogens is 346 g/mol. The SMILES string of the molecule is CCOC(=O)c1nn(C2CCCCO2)c2c1C(C)(C)Cc1cnc(N)nc1-2. The number of nitrogens with two attached hydrogens (primary N) is 1. The molecule has 3 heterocycles. The fraction of sp³-hybridized carbons (Fsp3) is 0.579. The van der Waals surface area contributed by atoms with Gasteiger partial charge in [-0.1, -0.05) is 13.8 Å². The third-order valence-corrected chi connectivity index (χ3v) is 5.22. The molecular formula is C19H25N5O3. The summed E-state index contributed by atoms with van der Waals surface area (Å²) in [4.78, 5) is 21.3. The molecule has 2 aromatic rings. The van der Waals surface area contributed by atoms with Crippen molar-refractivity contribution in [1.29, 1.82) is 0 Å². The molecule has 1 atom stereocenters. The molecule has 8 nitrogen and oxygen atoms in total. The summed E-state index contributed by atoms with van der Waals surface area (Å²) in [6.45, 7) is 6.96. The average molecular weight is 371 g/mol. The van der Waals surface area contributed by atoms with Crippen molar-refractivity contribution in [1.82, 2.24) is 19.7 Å². The van der Waals surface area contributed by atoms with E-state index in [0.717, 1.165) is 41.8 Å². The van der Waals surface area contributed by atoms with Crippen molar-refractivity contribution in [2.75, 3.05) is 18.9 Å². The van der Waals surface area contributed by atoms with Crippen molar-refractivity contribution in [2.45, 2.75) is 58.1 Å². The van der Waals surface area contributed by atoms with Gasteiger partial charge in [0.05, 0.1) is 18.0 Å². The van der Waals surface area contributed by atoms with Crippen LogP contribution in [0.2, 0.25) is 0 Å². The Kier molecular flexibility index (Phi) is 4.38. The Morgan fingerprint density at radius 3 is 2.96 bits per heavy atom. The molecule has 1 aliphatic heterocycles. The van der Waals surface area contributed by atoms with Crippen molar-refractivity contribution in [3.05, 3.63) is 23.0 Å². The number of nitrogen functional groups attached to an aromatic ring is 1. The van der Waals surface area contributed by atoms with Crippen LogP contribution in [0.25, 0.3) is 11.4 Å². The number of fused-ring (bicyclic) bond motifs is 3. The molecule has 27 heavy (non-hydrogen) atoms. The molecule has 0 radical (unpaired) electrons. The van der Waals surface area contributed by atoms with E-state index in [9.17, 15) is 4.79 Å². The quantitative estimate of drug-likeness (QED) is 0.827. The number of hydrogen-bond donors (Lipinski definition) is 1. The van der Waals surface area contributed by atoms with Crippen LogP contribution in [-0.4, -0.2) is 38.9 Å². The molecule has 0 saturated carbocycles. The zero-order chi connectivity index (χ0) is 19.2. The summed E-state index contributed by atoms with van der Waals surface area (Å²) in [6, 6.07) is 0. The second-order valence-corrected chi connectivity index (χ2v) is 7.72. The predicted octanol–water partition coefficient (Wildman–Crippen LogP) is 2.63. The summed E-state index contributed by atoms with van der Waals surface area (Å²) in [5.74, 6) is -0.212. The molecule has 2 aliphatic rings. The number of rotatable bonds is 3. The number of nitrogens with zero attached hydrogens (tertiary/aromatic N) is 4. The zero-order valence-electron chi connectivity index (χ0n) is 16.0. The van der Waals surface area contributed by atoms with Gasteiger partial charge in [0, 0.05) is 18.4 Å². The number of anilines is 1. The summed E-state index contributed by atoms with van der Waals surface area (Å²) in [5, 5.41) is 4.67. The van der Waals surface area contributed by atoms with Crippen LogP contribution in [0.1, 0.15) is 67.9 Å². The molecule has 1 unspecified atom stereocenters. The van der Waals surface area contributed by atoms with Gasteiger partial charge in [0.2, 0.25) is 5.95 Å². The van der Waals surface area contributed by atoms with E-state index in [1.807, 2.05) is 4.68 Å². The summed E-state index contributed by atoms with van der Waals surface area (Å²) in [7, 11) is 0. The van der Waals surface area contributed by atoms with Crippen molar-refractivity contribution in [3.63, 3.8) is 0 Å². The van der Waals surface area contributed by atoms with E-state index in [0.29, 0.717) is 25.3 Å². The minimum Gasteiger partial charge on any atom is -0.461 e. The fourth-order valence-electron chi connectivity index (χ4n) is 4.09.